The molecule has 1 aliphatic rings. The summed E-state index contributed by atoms with van der Waals surface area (Å²) in [6, 6.07) is 7.57. The fourth-order valence-electron chi connectivity index (χ4n) is 2.79. The van der Waals surface area contributed by atoms with Gasteiger partial charge in [-0.2, -0.15) is 4.98 Å². The van der Waals surface area contributed by atoms with Crippen LogP contribution >= 0.6 is 11.6 Å². The van der Waals surface area contributed by atoms with E-state index in [-0.39, 0.29) is 17.2 Å². The molecule has 1 saturated heterocycles. The summed E-state index contributed by atoms with van der Waals surface area (Å²) in [4.78, 5) is 9.52. The Balaban J connectivity index is 1.73. The minimum absolute atomic E-state index is 0.0381. The molecule has 24 heavy (non-hydrogen) atoms. The van der Waals surface area contributed by atoms with Gasteiger partial charge < -0.3 is 14.4 Å². The number of piperidine rings is 1. The van der Waals surface area contributed by atoms with Gasteiger partial charge in [-0.05, 0) is 43.5 Å². The van der Waals surface area contributed by atoms with Crippen molar-refractivity contribution in [2.45, 2.75) is 25.9 Å². The van der Waals surface area contributed by atoms with Crippen LogP contribution in [-0.4, -0.2) is 35.8 Å². The molecular formula is C17H19ClFN3O2. The van der Waals surface area contributed by atoms with Gasteiger partial charge in [-0.15, -0.1) is 0 Å². The molecule has 1 aromatic carbocycles. The second-order valence-corrected chi connectivity index (χ2v) is 5.86. The Labute approximate surface area is 145 Å². The van der Waals surface area contributed by atoms with Crippen molar-refractivity contribution in [3.8, 4) is 11.5 Å². The highest BCUT2D eigenvalue weighted by molar-refractivity contribution is 6.28. The van der Waals surface area contributed by atoms with E-state index >= 15 is 0 Å². The van der Waals surface area contributed by atoms with Crippen molar-refractivity contribution < 1.29 is 13.9 Å². The van der Waals surface area contributed by atoms with Crippen LogP contribution < -0.4 is 14.4 Å². The summed E-state index contributed by atoms with van der Waals surface area (Å²) in [6.45, 7) is 3.74. The van der Waals surface area contributed by atoms with Gasteiger partial charge in [0.15, 0.2) is 23.1 Å². The zero-order valence-corrected chi connectivity index (χ0v) is 14.2. The molecule has 7 heteroatoms. The second-order valence-electron chi connectivity index (χ2n) is 5.52. The lowest BCUT2D eigenvalue weighted by atomic mass is 10.1. The normalized spacial score (nSPS) is 17.6. The Morgan fingerprint density at radius 3 is 2.92 bits per heavy atom. The molecule has 1 aromatic heterocycles. The van der Waals surface area contributed by atoms with Crippen molar-refractivity contribution in [2.24, 2.45) is 0 Å². The summed E-state index contributed by atoms with van der Waals surface area (Å²) in [7, 11) is 0. The zero-order valence-electron chi connectivity index (χ0n) is 13.4. The van der Waals surface area contributed by atoms with E-state index in [0.29, 0.717) is 31.2 Å². The fraction of sp³-hybridized carbons (Fsp3) is 0.412. The first-order chi connectivity index (χ1) is 11.7. The van der Waals surface area contributed by atoms with E-state index in [0.717, 1.165) is 19.0 Å². The van der Waals surface area contributed by atoms with Crippen LogP contribution in [0.25, 0.3) is 0 Å². The lowest BCUT2D eigenvalue weighted by Crippen LogP contribution is -2.42. The molecular weight excluding hydrogens is 333 g/mol. The number of hydrogen-bond acceptors (Lipinski definition) is 5. The molecule has 1 unspecified atom stereocenters. The Morgan fingerprint density at radius 1 is 1.33 bits per heavy atom. The molecule has 3 rings (SSSR count). The van der Waals surface area contributed by atoms with Crippen LogP contribution in [0.15, 0.2) is 30.5 Å². The van der Waals surface area contributed by atoms with Crippen LogP contribution in [0.2, 0.25) is 5.28 Å². The maximum atomic E-state index is 14.0. The average Bonchev–Trinajstić information content (AvgIpc) is 2.59. The fourth-order valence-corrected chi connectivity index (χ4v) is 2.92. The van der Waals surface area contributed by atoms with E-state index in [1.165, 1.54) is 0 Å². The number of anilines is 1. The van der Waals surface area contributed by atoms with Crippen LogP contribution in [-0.2, 0) is 0 Å². The molecule has 1 aliphatic heterocycles. The monoisotopic (exact) mass is 351 g/mol. The third-order valence-corrected chi connectivity index (χ3v) is 4.00. The molecule has 1 atom stereocenters. The SMILES string of the molecule is CCOc1ccccc1OC1CCCN(c2nc(Cl)ncc2F)C1. The summed E-state index contributed by atoms with van der Waals surface area (Å²) < 4.78 is 25.7. The summed E-state index contributed by atoms with van der Waals surface area (Å²) in [5.74, 6) is 1.16. The largest absolute Gasteiger partial charge is 0.490 e. The quantitative estimate of drug-likeness (QED) is 0.768. The van der Waals surface area contributed by atoms with Crippen LogP contribution in [0, 0.1) is 5.82 Å². The van der Waals surface area contributed by atoms with E-state index in [1.807, 2.05) is 36.1 Å². The van der Waals surface area contributed by atoms with E-state index in [2.05, 4.69) is 9.97 Å². The topological polar surface area (TPSA) is 47.5 Å². The minimum Gasteiger partial charge on any atom is -0.490 e. The maximum absolute atomic E-state index is 14.0. The lowest BCUT2D eigenvalue weighted by Gasteiger charge is -2.34. The second kappa shape index (κ2) is 7.66. The van der Waals surface area contributed by atoms with Gasteiger partial charge in [-0.1, -0.05) is 12.1 Å². The number of ether oxygens (including phenoxy) is 2. The summed E-state index contributed by atoms with van der Waals surface area (Å²) in [6.07, 6.45) is 2.79. The van der Waals surface area contributed by atoms with E-state index in [4.69, 9.17) is 21.1 Å². The molecule has 0 aliphatic carbocycles. The van der Waals surface area contributed by atoms with Gasteiger partial charge in [-0.25, -0.2) is 9.37 Å². The number of para-hydroxylation sites is 2. The van der Waals surface area contributed by atoms with E-state index in [1.54, 1.807) is 0 Å². The lowest BCUT2D eigenvalue weighted by molar-refractivity contribution is 0.169. The van der Waals surface area contributed by atoms with Gasteiger partial charge in [0, 0.05) is 6.54 Å². The van der Waals surface area contributed by atoms with Crippen molar-refractivity contribution in [2.75, 3.05) is 24.6 Å². The first-order valence-corrected chi connectivity index (χ1v) is 8.36. The number of nitrogens with zero attached hydrogens (tertiary/aromatic N) is 3. The van der Waals surface area contributed by atoms with Crippen molar-refractivity contribution in [3.05, 3.63) is 41.6 Å². The molecule has 0 saturated carbocycles. The standard InChI is InChI=1S/C17H19ClFN3O2/c1-2-23-14-7-3-4-8-15(14)24-12-6-5-9-22(11-12)16-13(19)10-20-17(18)21-16/h3-4,7-8,10,12H,2,5-6,9,11H2,1H3. The van der Waals surface area contributed by atoms with Crippen molar-refractivity contribution in [3.63, 3.8) is 0 Å². The first kappa shape index (κ1) is 16.8. The van der Waals surface area contributed by atoms with Crippen molar-refractivity contribution in [1.29, 1.82) is 0 Å². The van der Waals surface area contributed by atoms with Gasteiger partial charge in [0.25, 0.3) is 0 Å². The summed E-state index contributed by atoms with van der Waals surface area (Å²) in [5, 5.41) is 0.0381. The molecule has 128 valence electrons. The average molecular weight is 352 g/mol. The third-order valence-electron chi connectivity index (χ3n) is 3.82. The number of hydrogen-bond donors (Lipinski definition) is 0. The molecule has 0 amide bonds. The van der Waals surface area contributed by atoms with Crippen LogP contribution in [0.4, 0.5) is 10.2 Å². The zero-order chi connectivity index (χ0) is 16.9. The molecule has 0 bridgehead atoms. The Kier molecular flexibility index (Phi) is 5.35. The Morgan fingerprint density at radius 2 is 2.12 bits per heavy atom. The van der Waals surface area contributed by atoms with Crippen LogP contribution in [0.1, 0.15) is 19.8 Å². The number of aromatic nitrogens is 2. The minimum atomic E-state index is -0.477. The van der Waals surface area contributed by atoms with Crippen molar-refractivity contribution >= 4 is 17.4 Å². The summed E-state index contributed by atoms with van der Waals surface area (Å²) >= 11 is 5.79. The Hall–Kier alpha value is -2.08. The highest BCUT2D eigenvalue weighted by atomic mass is 35.5. The molecule has 0 N–H and O–H groups in total. The molecule has 2 heterocycles. The van der Waals surface area contributed by atoms with Gasteiger partial charge in [0.2, 0.25) is 5.28 Å². The van der Waals surface area contributed by atoms with Crippen molar-refractivity contribution in [1.82, 2.24) is 9.97 Å². The molecule has 0 spiro atoms. The Bertz CT molecular complexity index is 701. The van der Waals surface area contributed by atoms with Gasteiger partial charge in [0.05, 0.1) is 19.3 Å². The molecule has 5 nitrogen and oxygen atoms in total. The highest BCUT2D eigenvalue weighted by Gasteiger charge is 2.25. The molecule has 2 aromatic rings. The van der Waals surface area contributed by atoms with Gasteiger partial charge in [-0.3, -0.25) is 0 Å². The maximum Gasteiger partial charge on any atom is 0.224 e. The van der Waals surface area contributed by atoms with Crippen LogP contribution in [0.5, 0.6) is 11.5 Å². The van der Waals surface area contributed by atoms with Crippen LogP contribution in [0.3, 0.4) is 0 Å². The first-order valence-electron chi connectivity index (χ1n) is 7.99. The number of halogens is 2. The van der Waals surface area contributed by atoms with Gasteiger partial charge in [0.1, 0.15) is 6.10 Å². The number of benzene rings is 1. The summed E-state index contributed by atoms with van der Waals surface area (Å²) in [5.41, 5.74) is 0. The van der Waals surface area contributed by atoms with Gasteiger partial charge >= 0.3 is 0 Å². The number of rotatable bonds is 5. The van der Waals surface area contributed by atoms with E-state index in [9.17, 15) is 4.39 Å². The molecule has 1 fully saturated rings. The third kappa shape index (κ3) is 3.87. The predicted octanol–water partition coefficient (Wildman–Crippen LogP) is 3.72. The predicted molar refractivity (Wildman–Crippen MR) is 90.5 cm³/mol. The molecule has 0 radical (unpaired) electrons. The highest BCUT2D eigenvalue weighted by Crippen LogP contribution is 2.30. The smallest absolute Gasteiger partial charge is 0.224 e. The van der Waals surface area contributed by atoms with E-state index < -0.39 is 5.82 Å².